The maximum absolute atomic E-state index is 12.7. The molecule has 0 saturated heterocycles. The predicted molar refractivity (Wildman–Crippen MR) is 74.0 cm³/mol. The number of aryl methyl sites for hydroxylation is 2. The van der Waals surface area contributed by atoms with E-state index in [9.17, 15) is 13.2 Å². The van der Waals surface area contributed by atoms with Gasteiger partial charge in [-0.1, -0.05) is 17.7 Å². The third-order valence-corrected chi connectivity index (χ3v) is 2.77. The van der Waals surface area contributed by atoms with E-state index >= 15 is 0 Å². The first-order valence-corrected chi connectivity index (χ1v) is 6.07. The number of hydrazine groups is 1. The first-order valence-electron chi connectivity index (χ1n) is 6.07. The Kier molecular flexibility index (Phi) is 3.99. The fourth-order valence-corrected chi connectivity index (χ4v) is 1.80. The van der Waals surface area contributed by atoms with Crippen LogP contribution in [-0.4, -0.2) is 9.97 Å². The van der Waals surface area contributed by atoms with E-state index in [1.807, 2.05) is 26.0 Å². The lowest BCUT2D eigenvalue weighted by atomic mass is 10.1. The molecule has 0 radical (unpaired) electrons. The number of anilines is 3. The highest BCUT2D eigenvalue weighted by Crippen LogP contribution is 2.29. The van der Waals surface area contributed by atoms with Crippen LogP contribution in [0.2, 0.25) is 0 Å². The van der Waals surface area contributed by atoms with E-state index in [4.69, 9.17) is 5.84 Å². The smallest absolute Gasteiger partial charge is 0.340 e. The minimum Gasteiger partial charge on any atom is -0.340 e. The maximum atomic E-state index is 12.7. The second kappa shape index (κ2) is 5.57. The van der Waals surface area contributed by atoms with Crippen LogP contribution in [0.15, 0.2) is 24.3 Å². The van der Waals surface area contributed by atoms with E-state index in [2.05, 4.69) is 20.7 Å². The largest absolute Gasteiger partial charge is 0.451 e. The Morgan fingerprint density at radius 3 is 2.29 bits per heavy atom. The Morgan fingerprint density at radius 2 is 1.71 bits per heavy atom. The van der Waals surface area contributed by atoms with Crippen molar-refractivity contribution >= 4 is 17.3 Å². The van der Waals surface area contributed by atoms with Gasteiger partial charge in [-0.2, -0.15) is 13.2 Å². The zero-order valence-corrected chi connectivity index (χ0v) is 11.4. The number of aromatic nitrogens is 2. The van der Waals surface area contributed by atoms with E-state index in [-0.39, 0.29) is 11.6 Å². The molecule has 21 heavy (non-hydrogen) atoms. The lowest BCUT2D eigenvalue weighted by molar-refractivity contribution is -0.144. The van der Waals surface area contributed by atoms with Crippen LogP contribution in [0.25, 0.3) is 0 Å². The van der Waals surface area contributed by atoms with Crippen LogP contribution in [-0.2, 0) is 6.18 Å². The van der Waals surface area contributed by atoms with Gasteiger partial charge in [0.2, 0.25) is 5.82 Å². The quantitative estimate of drug-likeness (QED) is 0.599. The van der Waals surface area contributed by atoms with E-state index in [0.29, 0.717) is 5.69 Å². The molecule has 4 N–H and O–H groups in total. The number of alkyl halides is 3. The van der Waals surface area contributed by atoms with Crippen LogP contribution < -0.4 is 16.6 Å². The van der Waals surface area contributed by atoms with Crippen LogP contribution in [0.5, 0.6) is 0 Å². The van der Waals surface area contributed by atoms with Gasteiger partial charge in [-0.05, 0) is 25.5 Å². The lowest BCUT2D eigenvalue weighted by Gasteiger charge is -2.13. The van der Waals surface area contributed by atoms with Crippen molar-refractivity contribution in [1.82, 2.24) is 9.97 Å². The molecule has 0 atom stereocenters. The number of hydrogen-bond donors (Lipinski definition) is 3. The maximum Gasteiger partial charge on any atom is 0.451 e. The molecular weight excluding hydrogens is 283 g/mol. The van der Waals surface area contributed by atoms with Gasteiger partial charge in [0, 0.05) is 11.8 Å². The van der Waals surface area contributed by atoms with Gasteiger partial charge in [-0.25, -0.2) is 15.8 Å². The normalized spacial score (nSPS) is 11.3. The first kappa shape index (κ1) is 15.0. The summed E-state index contributed by atoms with van der Waals surface area (Å²) in [5.74, 6) is 3.77. The van der Waals surface area contributed by atoms with Crippen LogP contribution in [0, 0.1) is 13.8 Å². The highest BCUT2D eigenvalue weighted by atomic mass is 19.4. The fraction of sp³-hybridized carbons (Fsp3) is 0.231. The van der Waals surface area contributed by atoms with Gasteiger partial charge in [0.15, 0.2) is 0 Å². The molecule has 0 aliphatic rings. The molecule has 112 valence electrons. The highest BCUT2D eigenvalue weighted by molar-refractivity contribution is 5.62. The molecule has 1 aromatic carbocycles. The summed E-state index contributed by atoms with van der Waals surface area (Å²) in [6, 6.07) is 6.84. The van der Waals surface area contributed by atoms with Crippen molar-refractivity contribution in [2.24, 2.45) is 5.84 Å². The summed E-state index contributed by atoms with van der Waals surface area (Å²) in [5.41, 5.74) is 4.71. The number of nitrogen functional groups attached to an aromatic ring is 1. The summed E-state index contributed by atoms with van der Waals surface area (Å²) >= 11 is 0. The van der Waals surface area contributed by atoms with Gasteiger partial charge < -0.3 is 10.7 Å². The molecule has 0 amide bonds. The van der Waals surface area contributed by atoms with Gasteiger partial charge >= 0.3 is 6.18 Å². The molecule has 0 aliphatic heterocycles. The second-order valence-electron chi connectivity index (χ2n) is 4.55. The van der Waals surface area contributed by atoms with Gasteiger partial charge in [-0.15, -0.1) is 0 Å². The SMILES string of the molecule is Cc1ccc(Nc2cc(NN)nc(C(F)(F)F)n2)c(C)c1. The van der Waals surface area contributed by atoms with Crippen molar-refractivity contribution in [1.29, 1.82) is 0 Å². The Hall–Kier alpha value is -2.35. The summed E-state index contributed by atoms with van der Waals surface area (Å²) in [6.07, 6.45) is -4.65. The van der Waals surface area contributed by atoms with E-state index in [0.717, 1.165) is 11.1 Å². The Balaban J connectivity index is 2.39. The Bertz CT molecular complexity index is 655. The van der Waals surface area contributed by atoms with Crippen molar-refractivity contribution in [2.45, 2.75) is 20.0 Å². The zero-order chi connectivity index (χ0) is 15.6. The number of nitrogens with two attached hydrogens (primary N) is 1. The third kappa shape index (κ3) is 3.60. The molecule has 1 aromatic heterocycles. The summed E-state index contributed by atoms with van der Waals surface area (Å²) in [6.45, 7) is 3.78. The molecule has 0 spiro atoms. The molecule has 0 fully saturated rings. The number of nitrogens with one attached hydrogen (secondary N) is 2. The number of rotatable bonds is 3. The van der Waals surface area contributed by atoms with E-state index in [1.54, 1.807) is 6.07 Å². The minimum absolute atomic E-state index is 0.0113. The minimum atomic E-state index is -4.65. The molecule has 2 rings (SSSR count). The van der Waals surface area contributed by atoms with Gasteiger partial charge in [0.05, 0.1) is 0 Å². The molecule has 5 nitrogen and oxygen atoms in total. The highest BCUT2D eigenvalue weighted by Gasteiger charge is 2.35. The van der Waals surface area contributed by atoms with Crippen LogP contribution in [0.4, 0.5) is 30.5 Å². The Labute approximate surface area is 119 Å². The topological polar surface area (TPSA) is 75.9 Å². The van der Waals surface area contributed by atoms with Gasteiger partial charge in [0.1, 0.15) is 11.6 Å². The number of benzene rings is 1. The Morgan fingerprint density at radius 1 is 1.05 bits per heavy atom. The number of nitrogens with zero attached hydrogens (tertiary/aromatic N) is 2. The van der Waals surface area contributed by atoms with Crippen molar-refractivity contribution in [2.75, 3.05) is 10.7 Å². The van der Waals surface area contributed by atoms with Gasteiger partial charge in [-0.3, -0.25) is 0 Å². The second-order valence-corrected chi connectivity index (χ2v) is 4.55. The predicted octanol–water partition coefficient (Wildman–Crippen LogP) is 3.14. The zero-order valence-electron chi connectivity index (χ0n) is 11.4. The van der Waals surface area contributed by atoms with Crippen molar-refractivity contribution in [3.05, 3.63) is 41.2 Å². The average Bonchev–Trinajstić information content (AvgIpc) is 2.40. The van der Waals surface area contributed by atoms with Crippen LogP contribution in [0.1, 0.15) is 17.0 Å². The number of halogens is 3. The van der Waals surface area contributed by atoms with Gasteiger partial charge in [0.25, 0.3) is 0 Å². The summed E-state index contributed by atoms with van der Waals surface area (Å²) in [7, 11) is 0. The molecule has 2 aromatic rings. The summed E-state index contributed by atoms with van der Waals surface area (Å²) in [4.78, 5) is 6.76. The van der Waals surface area contributed by atoms with Crippen molar-refractivity contribution < 1.29 is 13.2 Å². The molecule has 8 heteroatoms. The molecule has 0 aliphatic carbocycles. The van der Waals surface area contributed by atoms with Crippen molar-refractivity contribution in [3.63, 3.8) is 0 Å². The molecule has 0 unspecified atom stereocenters. The average molecular weight is 297 g/mol. The fourth-order valence-electron chi connectivity index (χ4n) is 1.80. The summed E-state index contributed by atoms with van der Waals surface area (Å²) in [5, 5.41) is 2.84. The van der Waals surface area contributed by atoms with Crippen LogP contribution in [0.3, 0.4) is 0 Å². The third-order valence-electron chi connectivity index (χ3n) is 2.77. The molecule has 0 saturated carbocycles. The first-order chi connectivity index (χ1) is 9.79. The van der Waals surface area contributed by atoms with Crippen molar-refractivity contribution in [3.8, 4) is 0 Å². The molecule has 0 bridgehead atoms. The van der Waals surface area contributed by atoms with E-state index in [1.165, 1.54) is 6.07 Å². The summed E-state index contributed by atoms with van der Waals surface area (Å²) < 4.78 is 38.2. The lowest BCUT2D eigenvalue weighted by Crippen LogP contribution is -2.16. The molecular formula is C13H14F3N5. The van der Waals surface area contributed by atoms with E-state index < -0.39 is 12.0 Å². The molecule has 1 heterocycles. The standard InChI is InChI=1S/C13H14F3N5/c1-7-3-4-9(8(2)5-7)18-10-6-11(21-17)20-12(19-10)13(14,15)16/h3-6H,17H2,1-2H3,(H2,18,19,20,21). The number of hydrogen-bond acceptors (Lipinski definition) is 5. The monoisotopic (exact) mass is 297 g/mol. The van der Waals surface area contributed by atoms with Crippen LogP contribution >= 0.6 is 0 Å².